The predicted molar refractivity (Wildman–Crippen MR) is 79.1 cm³/mol. The second-order valence-electron chi connectivity index (χ2n) is 4.71. The molecule has 0 rings (SSSR count). The van der Waals surface area contributed by atoms with Gasteiger partial charge in [0, 0.05) is 6.42 Å². The van der Waals surface area contributed by atoms with Crippen molar-refractivity contribution in [2.45, 2.75) is 77.6 Å². The fourth-order valence-electron chi connectivity index (χ4n) is 1.83. The van der Waals surface area contributed by atoms with E-state index in [1.807, 2.05) is 0 Å². The Balaban J connectivity index is -0.000000572. The second kappa shape index (κ2) is 22.7. The summed E-state index contributed by atoms with van der Waals surface area (Å²) in [6, 6.07) is 0. The Morgan fingerprint density at radius 3 is 1.81 bits per heavy atom. The molecule has 1 atom stereocenters. The SMILES string of the molecule is CCCCCCCCCCCC(=O)CC=O.O=S([O-])O.[Na+]. The molecular formula is C14H27NaO5S. The zero-order valence-corrected chi connectivity index (χ0v) is 16.2. The first-order chi connectivity index (χ1) is 9.54. The maximum absolute atomic E-state index is 11.0. The molecule has 0 aliphatic heterocycles. The first-order valence-electron chi connectivity index (χ1n) is 7.28. The van der Waals surface area contributed by atoms with E-state index >= 15 is 0 Å². The molecule has 1 unspecified atom stereocenters. The van der Waals surface area contributed by atoms with Crippen LogP contribution in [-0.4, -0.2) is 25.4 Å². The average Bonchev–Trinajstić information content (AvgIpc) is 2.36. The molecule has 120 valence electrons. The van der Waals surface area contributed by atoms with Crippen LogP contribution in [0.1, 0.15) is 77.6 Å². The summed E-state index contributed by atoms with van der Waals surface area (Å²) in [5, 5.41) is 0. The van der Waals surface area contributed by atoms with Gasteiger partial charge < -0.3 is 13.9 Å². The van der Waals surface area contributed by atoms with Gasteiger partial charge in [-0.3, -0.25) is 4.79 Å². The van der Waals surface area contributed by atoms with Gasteiger partial charge in [-0.2, -0.15) is 0 Å². The van der Waals surface area contributed by atoms with Crippen molar-refractivity contribution in [1.29, 1.82) is 0 Å². The van der Waals surface area contributed by atoms with Gasteiger partial charge >= 0.3 is 29.6 Å². The molecule has 21 heavy (non-hydrogen) atoms. The molecule has 0 heterocycles. The van der Waals surface area contributed by atoms with E-state index in [1.165, 1.54) is 44.9 Å². The van der Waals surface area contributed by atoms with E-state index in [4.69, 9.17) is 13.3 Å². The second-order valence-corrected chi connectivity index (χ2v) is 5.14. The van der Waals surface area contributed by atoms with Gasteiger partial charge in [0.25, 0.3) is 0 Å². The topological polar surface area (TPSA) is 94.5 Å². The number of rotatable bonds is 12. The van der Waals surface area contributed by atoms with Crippen molar-refractivity contribution in [3.63, 3.8) is 0 Å². The summed E-state index contributed by atoms with van der Waals surface area (Å²) in [4.78, 5) is 21.1. The molecule has 0 radical (unpaired) electrons. The molecule has 7 heteroatoms. The molecule has 0 aromatic rings. The van der Waals surface area contributed by atoms with Crippen LogP contribution in [0.2, 0.25) is 0 Å². The van der Waals surface area contributed by atoms with Crippen LogP contribution in [0, 0.1) is 0 Å². The summed E-state index contributed by atoms with van der Waals surface area (Å²) in [7, 11) is 0. The monoisotopic (exact) mass is 330 g/mol. The summed E-state index contributed by atoms with van der Waals surface area (Å²) in [6.45, 7) is 2.23. The minimum atomic E-state index is -2.86. The number of ketones is 1. The third-order valence-electron chi connectivity index (χ3n) is 2.87. The number of unbranched alkanes of at least 4 members (excludes halogenated alkanes) is 8. The molecule has 1 N–H and O–H groups in total. The van der Waals surface area contributed by atoms with Crippen molar-refractivity contribution in [2.75, 3.05) is 0 Å². The number of hydrogen-bond acceptors (Lipinski definition) is 4. The summed E-state index contributed by atoms with van der Waals surface area (Å²) >= 11 is -2.86. The van der Waals surface area contributed by atoms with Crippen LogP contribution in [0.3, 0.4) is 0 Å². The van der Waals surface area contributed by atoms with Crippen molar-refractivity contribution < 1.29 is 52.5 Å². The minimum absolute atomic E-state index is 0. The van der Waals surface area contributed by atoms with Crippen molar-refractivity contribution in [1.82, 2.24) is 0 Å². The molecule has 0 fully saturated rings. The molecule has 0 amide bonds. The van der Waals surface area contributed by atoms with Gasteiger partial charge in [0.15, 0.2) is 0 Å². The van der Waals surface area contributed by atoms with Crippen molar-refractivity contribution in [3.8, 4) is 0 Å². The molecule has 0 aliphatic carbocycles. The van der Waals surface area contributed by atoms with Gasteiger partial charge in [-0.1, -0.05) is 58.3 Å². The maximum Gasteiger partial charge on any atom is 1.00 e. The zero-order chi connectivity index (χ0) is 15.6. The molecular weight excluding hydrogens is 303 g/mol. The Bertz CT molecular complexity index is 258. The van der Waals surface area contributed by atoms with E-state index in [-0.39, 0.29) is 41.8 Å². The van der Waals surface area contributed by atoms with Crippen LogP contribution in [0.15, 0.2) is 0 Å². The molecule has 0 aromatic carbocycles. The molecule has 0 spiro atoms. The number of carbonyl (C=O) groups excluding carboxylic acids is 2. The van der Waals surface area contributed by atoms with Gasteiger partial charge in [0.1, 0.15) is 12.1 Å². The van der Waals surface area contributed by atoms with Crippen LogP contribution in [0.4, 0.5) is 0 Å². The average molecular weight is 330 g/mol. The minimum Gasteiger partial charge on any atom is -0.750 e. The summed E-state index contributed by atoms with van der Waals surface area (Å²) in [5.41, 5.74) is 0. The number of aldehydes is 1. The smallest absolute Gasteiger partial charge is 0.750 e. The van der Waals surface area contributed by atoms with Crippen molar-refractivity contribution in [3.05, 3.63) is 0 Å². The van der Waals surface area contributed by atoms with Crippen LogP contribution in [-0.2, 0) is 21.0 Å². The Hall–Kier alpha value is 0.410. The van der Waals surface area contributed by atoms with Crippen LogP contribution in [0.25, 0.3) is 0 Å². The number of carbonyl (C=O) groups is 2. The van der Waals surface area contributed by atoms with E-state index in [0.29, 0.717) is 12.7 Å². The molecule has 5 nitrogen and oxygen atoms in total. The largest absolute Gasteiger partial charge is 1.00 e. The Morgan fingerprint density at radius 2 is 1.43 bits per heavy atom. The van der Waals surface area contributed by atoms with Gasteiger partial charge in [-0.05, 0) is 6.42 Å². The van der Waals surface area contributed by atoms with Crippen molar-refractivity contribution >= 4 is 23.4 Å². The molecule has 0 aliphatic rings. The Kier molecular flexibility index (Phi) is 28.4. The first kappa shape index (κ1) is 26.3. The van der Waals surface area contributed by atoms with Crippen LogP contribution in [0.5, 0.6) is 0 Å². The quantitative estimate of drug-likeness (QED) is 0.184. The molecule has 0 aromatic heterocycles. The van der Waals surface area contributed by atoms with E-state index in [0.717, 1.165) is 12.8 Å². The number of Topliss-reactive ketones (excluding diaryl/α,β-unsaturated/α-hetero) is 1. The summed E-state index contributed by atoms with van der Waals surface area (Å²) in [5.74, 6) is 0.0953. The van der Waals surface area contributed by atoms with Crippen LogP contribution < -0.4 is 29.6 Å². The van der Waals surface area contributed by atoms with Gasteiger partial charge in [-0.25, -0.2) is 4.21 Å². The van der Waals surface area contributed by atoms with E-state index < -0.39 is 11.4 Å². The van der Waals surface area contributed by atoms with Gasteiger partial charge in [0.05, 0.1) is 17.8 Å². The van der Waals surface area contributed by atoms with E-state index in [1.54, 1.807) is 0 Å². The third kappa shape index (κ3) is 33.3. The fourth-order valence-corrected chi connectivity index (χ4v) is 1.83. The van der Waals surface area contributed by atoms with Crippen molar-refractivity contribution in [2.24, 2.45) is 0 Å². The fraction of sp³-hybridized carbons (Fsp3) is 0.857. The van der Waals surface area contributed by atoms with E-state index in [9.17, 15) is 9.59 Å². The maximum atomic E-state index is 11.0. The number of hydrogen-bond donors (Lipinski definition) is 1. The third-order valence-corrected chi connectivity index (χ3v) is 2.87. The Morgan fingerprint density at radius 1 is 1.05 bits per heavy atom. The molecule has 0 saturated heterocycles. The zero-order valence-electron chi connectivity index (χ0n) is 13.3. The van der Waals surface area contributed by atoms with Crippen LogP contribution >= 0.6 is 0 Å². The summed E-state index contributed by atoms with van der Waals surface area (Å²) in [6.07, 6.45) is 12.8. The normalized spacial score (nSPS) is 10.8. The predicted octanol–water partition coefficient (Wildman–Crippen LogP) is 0.408. The molecule has 0 bridgehead atoms. The summed E-state index contributed by atoms with van der Waals surface area (Å²) < 4.78 is 24.1. The standard InChI is InChI=1S/C14H26O2.Na.H2O3S/c1-2-3-4-5-6-7-8-9-10-11-14(16)12-13-15;;1-4(2)3/h13H,2-12H2,1H3;;(H2,1,2,3)/q;+1;/p-1. The van der Waals surface area contributed by atoms with Gasteiger partial charge in [-0.15, -0.1) is 0 Å². The molecule has 0 saturated carbocycles. The van der Waals surface area contributed by atoms with Gasteiger partial charge in [0.2, 0.25) is 0 Å². The van der Waals surface area contributed by atoms with E-state index in [2.05, 4.69) is 6.92 Å². The Labute approximate surface area is 153 Å². The first-order valence-corrected chi connectivity index (χ1v) is 8.31.